The van der Waals surface area contributed by atoms with Crippen molar-refractivity contribution in [3.63, 3.8) is 0 Å². The second-order valence-corrected chi connectivity index (χ2v) is 6.60. The standard InChI is InChI=1S/C18H21N5O3/c1-12-4-6-13(7-5-12)21-9-10-22-14-15(19-17(21)22)20(2)18(26)23(16(14)25)8-3-11-24/h4-7,24H,3,8-11H2,1-2H3. The number of hydrogen-bond donors (Lipinski definition) is 1. The first-order valence-corrected chi connectivity index (χ1v) is 8.68. The zero-order chi connectivity index (χ0) is 18.4. The maximum atomic E-state index is 12.9. The number of benzene rings is 1. The summed E-state index contributed by atoms with van der Waals surface area (Å²) in [6, 6.07) is 8.14. The highest BCUT2D eigenvalue weighted by molar-refractivity contribution is 5.77. The Balaban J connectivity index is 1.91. The third-order valence-corrected chi connectivity index (χ3v) is 4.89. The van der Waals surface area contributed by atoms with Gasteiger partial charge in [-0.25, -0.2) is 4.79 Å². The van der Waals surface area contributed by atoms with Crippen molar-refractivity contribution < 1.29 is 5.11 Å². The second-order valence-electron chi connectivity index (χ2n) is 6.60. The minimum absolute atomic E-state index is 0.0701. The quantitative estimate of drug-likeness (QED) is 0.746. The van der Waals surface area contributed by atoms with Gasteiger partial charge in [-0.05, 0) is 25.5 Å². The van der Waals surface area contributed by atoms with Crippen molar-refractivity contribution in [2.24, 2.45) is 7.05 Å². The van der Waals surface area contributed by atoms with Crippen molar-refractivity contribution in [1.82, 2.24) is 18.7 Å². The van der Waals surface area contributed by atoms with Crippen molar-refractivity contribution in [1.29, 1.82) is 0 Å². The van der Waals surface area contributed by atoms with Gasteiger partial charge in [-0.1, -0.05) is 17.7 Å². The molecular formula is C18H21N5O3. The highest BCUT2D eigenvalue weighted by atomic mass is 16.3. The molecule has 0 saturated carbocycles. The van der Waals surface area contributed by atoms with E-state index in [1.165, 1.54) is 14.7 Å². The number of aliphatic hydroxyl groups excluding tert-OH is 1. The molecule has 0 unspecified atom stereocenters. The average molecular weight is 355 g/mol. The third-order valence-electron chi connectivity index (χ3n) is 4.89. The highest BCUT2D eigenvalue weighted by Gasteiger charge is 2.28. The van der Waals surface area contributed by atoms with Crippen molar-refractivity contribution in [3.8, 4) is 0 Å². The molecule has 1 aromatic carbocycles. The molecule has 26 heavy (non-hydrogen) atoms. The summed E-state index contributed by atoms with van der Waals surface area (Å²) in [4.78, 5) is 32.1. The minimum atomic E-state index is -0.408. The number of hydrogen-bond acceptors (Lipinski definition) is 5. The number of fused-ring (bicyclic) bond motifs is 3. The minimum Gasteiger partial charge on any atom is -0.396 e. The first-order valence-electron chi connectivity index (χ1n) is 8.68. The molecule has 3 aromatic rings. The maximum Gasteiger partial charge on any atom is 0.332 e. The Bertz CT molecular complexity index is 1090. The number of aryl methyl sites for hydroxylation is 2. The molecule has 1 N–H and O–H groups in total. The number of anilines is 2. The molecule has 136 valence electrons. The maximum absolute atomic E-state index is 12.9. The van der Waals surface area contributed by atoms with E-state index in [2.05, 4.69) is 9.88 Å². The van der Waals surface area contributed by atoms with Gasteiger partial charge in [0.2, 0.25) is 5.95 Å². The average Bonchev–Trinajstić information content (AvgIpc) is 3.20. The van der Waals surface area contributed by atoms with Gasteiger partial charge in [0.15, 0.2) is 11.2 Å². The van der Waals surface area contributed by atoms with Crippen LogP contribution in [0.15, 0.2) is 33.9 Å². The largest absolute Gasteiger partial charge is 0.396 e. The lowest BCUT2D eigenvalue weighted by Crippen LogP contribution is -2.39. The Labute approximate surface area is 149 Å². The van der Waals surface area contributed by atoms with E-state index < -0.39 is 5.69 Å². The van der Waals surface area contributed by atoms with E-state index in [4.69, 9.17) is 5.11 Å². The fraction of sp³-hybridized carbons (Fsp3) is 0.389. The molecule has 8 nitrogen and oxygen atoms in total. The number of nitrogens with zero attached hydrogens (tertiary/aromatic N) is 5. The van der Waals surface area contributed by atoms with Crippen LogP contribution in [-0.4, -0.2) is 36.9 Å². The Morgan fingerprint density at radius 3 is 2.58 bits per heavy atom. The molecule has 1 aliphatic rings. The van der Waals surface area contributed by atoms with E-state index in [9.17, 15) is 9.59 Å². The summed E-state index contributed by atoms with van der Waals surface area (Å²) in [5.74, 6) is 0.677. The molecule has 3 heterocycles. The summed E-state index contributed by atoms with van der Waals surface area (Å²) < 4.78 is 4.47. The van der Waals surface area contributed by atoms with Crippen molar-refractivity contribution in [2.75, 3.05) is 18.1 Å². The Morgan fingerprint density at radius 1 is 1.15 bits per heavy atom. The molecule has 0 aliphatic carbocycles. The number of rotatable bonds is 4. The van der Waals surface area contributed by atoms with Gasteiger partial charge in [-0.2, -0.15) is 4.98 Å². The molecule has 8 heteroatoms. The number of aromatic nitrogens is 4. The van der Waals surface area contributed by atoms with E-state index >= 15 is 0 Å². The summed E-state index contributed by atoms with van der Waals surface area (Å²) in [6.45, 7) is 3.51. The molecule has 0 spiro atoms. The van der Waals surface area contributed by atoms with Crippen LogP contribution in [0.25, 0.3) is 11.2 Å². The third kappa shape index (κ3) is 2.37. The van der Waals surface area contributed by atoms with Crippen LogP contribution in [-0.2, 0) is 20.1 Å². The summed E-state index contributed by atoms with van der Waals surface area (Å²) in [5, 5.41) is 9.04. The number of imidazole rings is 1. The summed E-state index contributed by atoms with van der Waals surface area (Å²) in [5.41, 5.74) is 2.27. The fourth-order valence-corrected chi connectivity index (χ4v) is 3.47. The molecule has 2 aromatic heterocycles. The zero-order valence-electron chi connectivity index (χ0n) is 14.8. The van der Waals surface area contributed by atoms with Crippen molar-refractivity contribution in [3.05, 3.63) is 50.7 Å². The van der Waals surface area contributed by atoms with Crippen LogP contribution in [0.4, 0.5) is 11.6 Å². The predicted octanol–water partition coefficient (Wildman–Crippen LogP) is 0.739. The molecule has 0 bridgehead atoms. The van der Waals surface area contributed by atoms with E-state index in [0.29, 0.717) is 30.1 Å². The fourth-order valence-electron chi connectivity index (χ4n) is 3.47. The van der Waals surface area contributed by atoms with Crippen LogP contribution >= 0.6 is 0 Å². The van der Waals surface area contributed by atoms with Crippen LogP contribution in [0, 0.1) is 6.92 Å². The van der Waals surface area contributed by atoms with Gasteiger partial charge in [0.05, 0.1) is 0 Å². The van der Waals surface area contributed by atoms with Gasteiger partial charge in [0.1, 0.15) is 0 Å². The van der Waals surface area contributed by atoms with Crippen LogP contribution in [0.1, 0.15) is 12.0 Å². The molecule has 0 radical (unpaired) electrons. The summed E-state index contributed by atoms with van der Waals surface area (Å²) in [6.07, 6.45) is 0.358. The van der Waals surface area contributed by atoms with Crippen LogP contribution in [0.2, 0.25) is 0 Å². The molecule has 0 atom stereocenters. The van der Waals surface area contributed by atoms with E-state index in [0.717, 1.165) is 12.2 Å². The van der Waals surface area contributed by atoms with Gasteiger partial charge in [0, 0.05) is 39.0 Å². The normalized spacial score (nSPS) is 13.6. The van der Waals surface area contributed by atoms with E-state index in [-0.39, 0.29) is 18.7 Å². The Hall–Kier alpha value is -2.87. The number of aliphatic hydroxyl groups is 1. The lowest BCUT2D eigenvalue weighted by Gasteiger charge is -2.16. The Morgan fingerprint density at radius 2 is 1.88 bits per heavy atom. The highest BCUT2D eigenvalue weighted by Crippen LogP contribution is 2.31. The molecular weight excluding hydrogens is 334 g/mol. The monoisotopic (exact) mass is 355 g/mol. The molecule has 0 fully saturated rings. The van der Waals surface area contributed by atoms with Crippen LogP contribution in [0.5, 0.6) is 0 Å². The van der Waals surface area contributed by atoms with Crippen LogP contribution in [0.3, 0.4) is 0 Å². The predicted molar refractivity (Wildman–Crippen MR) is 99.1 cm³/mol. The molecule has 0 saturated heterocycles. The lowest BCUT2D eigenvalue weighted by atomic mass is 10.2. The second kappa shape index (κ2) is 6.14. The van der Waals surface area contributed by atoms with Crippen molar-refractivity contribution >= 4 is 22.8 Å². The molecule has 0 amide bonds. The Kier molecular flexibility index (Phi) is 3.91. The van der Waals surface area contributed by atoms with E-state index in [1.807, 2.05) is 35.8 Å². The van der Waals surface area contributed by atoms with Crippen molar-refractivity contribution in [2.45, 2.75) is 26.4 Å². The zero-order valence-corrected chi connectivity index (χ0v) is 14.8. The smallest absolute Gasteiger partial charge is 0.332 e. The topological polar surface area (TPSA) is 85.3 Å². The van der Waals surface area contributed by atoms with Gasteiger partial charge in [-0.3, -0.25) is 13.9 Å². The van der Waals surface area contributed by atoms with Gasteiger partial charge in [-0.15, -0.1) is 0 Å². The van der Waals surface area contributed by atoms with Gasteiger partial charge < -0.3 is 14.6 Å². The van der Waals surface area contributed by atoms with Gasteiger partial charge >= 0.3 is 5.69 Å². The first kappa shape index (κ1) is 16.6. The van der Waals surface area contributed by atoms with E-state index in [1.54, 1.807) is 7.05 Å². The molecule has 4 rings (SSSR count). The summed E-state index contributed by atoms with van der Waals surface area (Å²) in [7, 11) is 1.62. The first-order chi connectivity index (χ1) is 12.5. The lowest BCUT2D eigenvalue weighted by molar-refractivity contribution is 0.277. The van der Waals surface area contributed by atoms with Gasteiger partial charge in [0.25, 0.3) is 5.56 Å². The SMILES string of the molecule is Cc1ccc(N2CCn3c2nc2c3c(=O)n(CCCO)c(=O)n2C)cc1. The van der Waals surface area contributed by atoms with Crippen LogP contribution < -0.4 is 16.1 Å². The molecule has 1 aliphatic heterocycles. The summed E-state index contributed by atoms with van der Waals surface area (Å²) >= 11 is 0.